The van der Waals surface area contributed by atoms with Crippen LogP contribution in [0.25, 0.3) is 0 Å². The molecule has 19 heavy (non-hydrogen) atoms. The zero-order valence-electron chi connectivity index (χ0n) is 14.2. The van der Waals surface area contributed by atoms with Gasteiger partial charge in [0.25, 0.3) is 0 Å². The van der Waals surface area contributed by atoms with Crippen molar-refractivity contribution in [2.24, 2.45) is 16.2 Å². The minimum Gasteiger partial charge on any atom is -0.0593 e. The first kappa shape index (κ1) is 16.3. The van der Waals surface area contributed by atoms with Crippen LogP contribution in [0, 0.1) is 28.4 Å². The first-order valence-electron chi connectivity index (χ1n) is 7.24. The molecule has 2 radical (unpaired) electrons. The van der Waals surface area contributed by atoms with Crippen molar-refractivity contribution in [2.75, 3.05) is 0 Å². The summed E-state index contributed by atoms with van der Waals surface area (Å²) in [6, 6.07) is 12.5. The molecule has 1 rings (SSSR count). The predicted octanol–water partition coefficient (Wildman–Crippen LogP) is 5.66. The summed E-state index contributed by atoms with van der Waals surface area (Å²) in [6.45, 7) is 21.3. The number of benzene rings is 1. The summed E-state index contributed by atoms with van der Waals surface area (Å²) in [5.74, 6) is 0. The molecule has 0 saturated carbocycles. The van der Waals surface area contributed by atoms with Crippen LogP contribution in [0.4, 0.5) is 0 Å². The predicted molar refractivity (Wildman–Crippen MR) is 84.2 cm³/mol. The maximum Gasteiger partial charge on any atom is 0.00985 e. The quantitative estimate of drug-likeness (QED) is 0.609. The van der Waals surface area contributed by atoms with E-state index in [2.05, 4.69) is 86.6 Å². The van der Waals surface area contributed by atoms with Crippen LogP contribution in [0.3, 0.4) is 0 Å². The summed E-state index contributed by atoms with van der Waals surface area (Å²) < 4.78 is 0. The van der Waals surface area contributed by atoms with Gasteiger partial charge in [0, 0.05) is 5.41 Å². The van der Waals surface area contributed by atoms with E-state index in [0.717, 1.165) is 0 Å². The van der Waals surface area contributed by atoms with Crippen molar-refractivity contribution in [1.82, 2.24) is 0 Å². The Hall–Kier alpha value is -0.780. The highest BCUT2D eigenvalue weighted by Crippen LogP contribution is 2.62. The van der Waals surface area contributed by atoms with Crippen molar-refractivity contribution in [3.05, 3.63) is 35.9 Å². The van der Waals surface area contributed by atoms with Crippen LogP contribution < -0.4 is 0 Å². The van der Waals surface area contributed by atoms with Gasteiger partial charge in [-0.05, 0) is 40.0 Å². The maximum atomic E-state index is 3.16. The normalized spacial score (nSPS) is 14.6. The molecule has 0 nitrogen and oxygen atoms in total. The highest BCUT2D eigenvalue weighted by atomic mass is 14.6. The minimum absolute atomic E-state index is 0.0542. The van der Waals surface area contributed by atoms with Crippen molar-refractivity contribution in [1.29, 1.82) is 0 Å². The first-order chi connectivity index (χ1) is 8.36. The molecule has 0 N–H and O–H groups in total. The number of hydrogen-bond donors (Lipinski definition) is 0. The molecule has 0 atom stereocenters. The SMILES string of the molecule is CC(C)(C)C(c1c[c][c]cc1)(C(C)(C)C)C(C)(C)C. The fraction of sp³-hybridized carbons (Fsp3) is 0.684. The first-order valence-corrected chi connectivity index (χ1v) is 7.24. The molecule has 1 aromatic carbocycles. The average Bonchev–Trinajstić information content (AvgIpc) is 2.12. The molecule has 0 fully saturated rings. The van der Waals surface area contributed by atoms with Crippen LogP contribution in [0.15, 0.2) is 18.2 Å². The Morgan fingerprint density at radius 2 is 1.11 bits per heavy atom. The molecule has 0 saturated heterocycles. The second kappa shape index (κ2) is 4.65. The Kier molecular flexibility index (Phi) is 3.98. The third kappa shape index (κ3) is 2.47. The highest BCUT2D eigenvalue weighted by Gasteiger charge is 2.58. The molecular weight excluding hydrogens is 228 g/mol. The van der Waals surface area contributed by atoms with Gasteiger partial charge in [-0.25, -0.2) is 0 Å². The van der Waals surface area contributed by atoms with Crippen LogP contribution in [-0.4, -0.2) is 0 Å². The molecule has 0 bridgehead atoms. The maximum absolute atomic E-state index is 3.16. The van der Waals surface area contributed by atoms with E-state index in [-0.39, 0.29) is 21.7 Å². The van der Waals surface area contributed by atoms with Crippen molar-refractivity contribution in [3.8, 4) is 0 Å². The van der Waals surface area contributed by atoms with Crippen LogP contribution in [-0.2, 0) is 5.41 Å². The summed E-state index contributed by atoms with van der Waals surface area (Å²) in [6.07, 6.45) is 0. The average molecular weight is 258 g/mol. The Morgan fingerprint density at radius 3 is 1.37 bits per heavy atom. The molecule has 0 aliphatic heterocycles. The summed E-state index contributed by atoms with van der Waals surface area (Å²) in [5.41, 5.74) is 1.88. The van der Waals surface area contributed by atoms with Gasteiger partial charge in [-0.15, -0.1) is 0 Å². The second-order valence-corrected chi connectivity index (χ2v) is 8.72. The molecule has 0 unspecified atom stereocenters. The molecule has 1 aromatic rings. The van der Waals surface area contributed by atoms with Crippen molar-refractivity contribution < 1.29 is 0 Å². The smallest absolute Gasteiger partial charge is 0.00985 e. The second-order valence-electron chi connectivity index (χ2n) is 8.72. The zero-order chi connectivity index (χ0) is 15.1. The molecule has 0 aliphatic rings. The van der Waals surface area contributed by atoms with Gasteiger partial charge in [-0.1, -0.05) is 74.4 Å². The van der Waals surface area contributed by atoms with E-state index < -0.39 is 0 Å². The molecule has 106 valence electrons. The molecule has 0 amide bonds. The van der Waals surface area contributed by atoms with Gasteiger partial charge in [0.15, 0.2) is 0 Å². The van der Waals surface area contributed by atoms with E-state index in [4.69, 9.17) is 0 Å². The third-order valence-electron chi connectivity index (χ3n) is 4.47. The van der Waals surface area contributed by atoms with E-state index in [1.54, 1.807) is 0 Å². The summed E-state index contributed by atoms with van der Waals surface area (Å²) in [5, 5.41) is 0. The molecule has 0 heterocycles. The lowest BCUT2D eigenvalue weighted by molar-refractivity contribution is -0.0443. The van der Waals surface area contributed by atoms with Crippen LogP contribution in [0.2, 0.25) is 0 Å². The third-order valence-corrected chi connectivity index (χ3v) is 4.47. The lowest BCUT2D eigenvalue weighted by atomic mass is 9.42. The fourth-order valence-corrected chi connectivity index (χ4v) is 5.25. The molecular formula is C19H30. The molecule has 0 spiro atoms. The summed E-state index contributed by atoms with van der Waals surface area (Å²) in [4.78, 5) is 0. The lowest BCUT2D eigenvalue weighted by Gasteiger charge is -2.61. The van der Waals surface area contributed by atoms with E-state index in [9.17, 15) is 0 Å². The van der Waals surface area contributed by atoms with Gasteiger partial charge in [-0.3, -0.25) is 0 Å². The van der Waals surface area contributed by atoms with Gasteiger partial charge in [0.1, 0.15) is 0 Å². The van der Waals surface area contributed by atoms with Crippen LogP contribution in [0.5, 0.6) is 0 Å². The lowest BCUT2D eigenvalue weighted by Crippen LogP contribution is -2.58. The van der Waals surface area contributed by atoms with E-state index >= 15 is 0 Å². The summed E-state index contributed by atoms with van der Waals surface area (Å²) in [7, 11) is 0. The molecule has 0 heteroatoms. The zero-order valence-corrected chi connectivity index (χ0v) is 14.2. The van der Waals surface area contributed by atoms with Crippen molar-refractivity contribution >= 4 is 0 Å². The van der Waals surface area contributed by atoms with Crippen molar-refractivity contribution in [3.63, 3.8) is 0 Å². The Morgan fingerprint density at radius 1 is 0.684 bits per heavy atom. The largest absolute Gasteiger partial charge is 0.0593 e. The number of hydrogen-bond acceptors (Lipinski definition) is 0. The van der Waals surface area contributed by atoms with E-state index in [1.807, 2.05) is 6.07 Å². The Balaban J connectivity index is 3.76. The Bertz CT molecular complexity index is 368. The molecule has 0 aliphatic carbocycles. The van der Waals surface area contributed by atoms with Crippen LogP contribution >= 0.6 is 0 Å². The minimum atomic E-state index is 0.0542. The van der Waals surface area contributed by atoms with Gasteiger partial charge < -0.3 is 0 Å². The van der Waals surface area contributed by atoms with Gasteiger partial charge >= 0.3 is 0 Å². The monoisotopic (exact) mass is 258 g/mol. The van der Waals surface area contributed by atoms with Gasteiger partial charge in [0.05, 0.1) is 0 Å². The topological polar surface area (TPSA) is 0 Å². The fourth-order valence-electron chi connectivity index (χ4n) is 5.25. The standard InChI is InChI=1S/C19H30/c1-16(2,3)19(17(4,5)6,18(7,8)9)15-13-11-10-12-14-15/h11,13-14H,1-9H3. The Labute approximate surface area is 120 Å². The highest BCUT2D eigenvalue weighted by molar-refractivity contribution is 5.33. The van der Waals surface area contributed by atoms with E-state index in [0.29, 0.717) is 0 Å². The van der Waals surface area contributed by atoms with Crippen LogP contribution in [0.1, 0.15) is 67.9 Å². The van der Waals surface area contributed by atoms with E-state index in [1.165, 1.54) is 5.56 Å². The van der Waals surface area contributed by atoms with Gasteiger partial charge in [0.2, 0.25) is 0 Å². The van der Waals surface area contributed by atoms with Crippen molar-refractivity contribution in [2.45, 2.75) is 67.7 Å². The van der Waals surface area contributed by atoms with Gasteiger partial charge in [-0.2, -0.15) is 0 Å². The number of rotatable bonds is 1. The molecule has 0 aromatic heterocycles. The summed E-state index contributed by atoms with van der Waals surface area (Å²) >= 11 is 0.